The molecule has 1 fully saturated rings. The highest BCUT2D eigenvalue weighted by Gasteiger charge is 2.21. The number of anilines is 1. The SMILES string of the molecule is Cc1ccc(NC2CCC(N)C2)cc1I. The minimum absolute atomic E-state index is 0.395. The summed E-state index contributed by atoms with van der Waals surface area (Å²) in [5.74, 6) is 0. The Morgan fingerprint density at radius 2 is 2.20 bits per heavy atom. The average molecular weight is 316 g/mol. The van der Waals surface area contributed by atoms with Crippen molar-refractivity contribution in [1.29, 1.82) is 0 Å². The van der Waals surface area contributed by atoms with Crippen LogP contribution < -0.4 is 11.1 Å². The van der Waals surface area contributed by atoms with Gasteiger partial charge in [0, 0.05) is 21.3 Å². The van der Waals surface area contributed by atoms with E-state index in [4.69, 9.17) is 5.73 Å². The molecule has 1 aromatic rings. The van der Waals surface area contributed by atoms with Gasteiger partial charge in [-0.05, 0) is 66.5 Å². The minimum atomic E-state index is 0.395. The molecular formula is C12H17IN2. The maximum atomic E-state index is 5.89. The second-order valence-corrected chi connectivity index (χ2v) is 5.54. The van der Waals surface area contributed by atoms with Gasteiger partial charge >= 0.3 is 0 Å². The number of halogens is 1. The van der Waals surface area contributed by atoms with Crippen LogP contribution in [0, 0.1) is 10.5 Å². The monoisotopic (exact) mass is 316 g/mol. The van der Waals surface area contributed by atoms with Crippen molar-refractivity contribution >= 4 is 28.3 Å². The van der Waals surface area contributed by atoms with E-state index in [2.05, 4.69) is 53.0 Å². The maximum Gasteiger partial charge on any atom is 0.0353 e. The Morgan fingerprint density at radius 3 is 2.80 bits per heavy atom. The van der Waals surface area contributed by atoms with Crippen LogP contribution in [0.1, 0.15) is 24.8 Å². The summed E-state index contributed by atoms with van der Waals surface area (Å²) in [6, 6.07) is 7.49. The van der Waals surface area contributed by atoms with Crippen LogP contribution in [0.2, 0.25) is 0 Å². The predicted molar refractivity (Wildman–Crippen MR) is 73.1 cm³/mol. The molecule has 0 aliphatic heterocycles. The van der Waals surface area contributed by atoms with E-state index < -0.39 is 0 Å². The number of nitrogens with two attached hydrogens (primary N) is 1. The summed E-state index contributed by atoms with van der Waals surface area (Å²) in [5, 5.41) is 3.55. The fourth-order valence-electron chi connectivity index (χ4n) is 2.07. The summed E-state index contributed by atoms with van der Waals surface area (Å²) >= 11 is 2.38. The molecule has 1 saturated carbocycles. The molecule has 2 unspecified atom stereocenters. The molecule has 15 heavy (non-hydrogen) atoms. The lowest BCUT2D eigenvalue weighted by atomic mass is 10.2. The zero-order valence-corrected chi connectivity index (χ0v) is 11.1. The minimum Gasteiger partial charge on any atom is -0.382 e. The van der Waals surface area contributed by atoms with E-state index in [-0.39, 0.29) is 0 Å². The van der Waals surface area contributed by atoms with Crippen molar-refractivity contribution in [3.05, 3.63) is 27.3 Å². The van der Waals surface area contributed by atoms with E-state index in [9.17, 15) is 0 Å². The van der Waals surface area contributed by atoms with Gasteiger partial charge in [0.05, 0.1) is 0 Å². The van der Waals surface area contributed by atoms with Crippen molar-refractivity contribution in [1.82, 2.24) is 0 Å². The highest BCUT2D eigenvalue weighted by Crippen LogP contribution is 2.23. The van der Waals surface area contributed by atoms with Gasteiger partial charge in [0.2, 0.25) is 0 Å². The molecule has 82 valence electrons. The Labute approximate surface area is 105 Å². The molecule has 3 heteroatoms. The van der Waals surface area contributed by atoms with Crippen molar-refractivity contribution in [2.24, 2.45) is 5.73 Å². The van der Waals surface area contributed by atoms with Crippen LogP contribution in [0.4, 0.5) is 5.69 Å². The molecular weight excluding hydrogens is 299 g/mol. The lowest BCUT2D eigenvalue weighted by Gasteiger charge is -2.14. The molecule has 1 aromatic carbocycles. The molecule has 2 nitrogen and oxygen atoms in total. The normalized spacial score (nSPS) is 25.5. The molecule has 1 aliphatic rings. The first-order valence-electron chi connectivity index (χ1n) is 5.43. The van der Waals surface area contributed by atoms with E-state index in [0.29, 0.717) is 12.1 Å². The van der Waals surface area contributed by atoms with Crippen LogP contribution in [0.15, 0.2) is 18.2 Å². The zero-order chi connectivity index (χ0) is 10.8. The number of hydrogen-bond acceptors (Lipinski definition) is 2. The summed E-state index contributed by atoms with van der Waals surface area (Å²) < 4.78 is 1.32. The molecule has 0 amide bonds. The summed E-state index contributed by atoms with van der Waals surface area (Å²) in [6.07, 6.45) is 3.46. The second-order valence-electron chi connectivity index (χ2n) is 4.38. The molecule has 0 aromatic heterocycles. The third kappa shape index (κ3) is 2.84. The van der Waals surface area contributed by atoms with Gasteiger partial charge in [-0.3, -0.25) is 0 Å². The number of rotatable bonds is 2. The molecule has 0 bridgehead atoms. The summed E-state index contributed by atoms with van der Waals surface area (Å²) in [4.78, 5) is 0. The van der Waals surface area contributed by atoms with Crippen molar-refractivity contribution in [3.8, 4) is 0 Å². The quantitative estimate of drug-likeness (QED) is 0.824. The van der Waals surface area contributed by atoms with Gasteiger partial charge in [0.15, 0.2) is 0 Å². The van der Waals surface area contributed by atoms with Gasteiger partial charge in [-0.25, -0.2) is 0 Å². The van der Waals surface area contributed by atoms with Gasteiger partial charge in [-0.15, -0.1) is 0 Å². The molecule has 2 rings (SSSR count). The van der Waals surface area contributed by atoms with E-state index in [0.717, 1.165) is 12.8 Å². The average Bonchev–Trinajstić information content (AvgIpc) is 2.58. The molecule has 1 aliphatic carbocycles. The second kappa shape index (κ2) is 4.70. The van der Waals surface area contributed by atoms with Gasteiger partial charge < -0.3 is 11.1 Å². The van der Waals surface area contributed by atoms with E-state index in [1.54, 1.807) is 0 Å². The molecule has 0 heterocycles. The topological polar surface area (TPSA) is 38.0 Å². The van der Waals surface area contributed by atoms with Crippen LogP contribution in [0.5, 0.6) is 0 Å². The standard InChI is InChI=1S/C12H17IN2/c1-8-2-4-11(7-12(8)13)15-10-5-3-9(14)6-10/h2,4,7,9-10,15H,3,5-6,14H2,1H3. The number of nitrogens with one attached hydrogen (secondary N) is 1. The zero-order valence-electron chi connectivity index (χ0n) is 8.96. The molecule has 2 atom stereocenters. The predicted octanol–water partition coefficient (Wildman–Crippen LogP) is 2.89. The van der Waals surface area contributed by atoms with Crippen molar-refractivity contribution in [2.75, 3.05) is 5.32 Å². The Kier molecular flexibility index (Phi) is 3.51. The third-order valence-electron chi connectivity index (χ3n) is 3.02. The first kappa shape index (κ1) is 11.2. The Balaban J connectivity index is 2.02. The first-order valence-corrected chi connectivity index (χ1v) is 6.51. The van der Waals surface area contributed by atoms with Crippen LogP contribution in [-0.4, -0.2) is 12.1 Å². The lowest BCUT2D eigenvalue weighted by molar-refractivity contribution is 0.688. The molecule has 0 saturated heterocycles. The van der Waals surface area contributed by atoms with Crippen LogP contribution in [-0.2, 0) is 0 Å². The van der Waals surface area contributed by atoms with Crippen molar-refractivity contribution < 1.29 is 0 Å². The largest absolute Gasteiger partial charge is 0.382 e. The Hall–Kier alpha value is -0.290. The highest BCUT2D eigenvalue weighted by molar-refractivity contribution is 14.1. The van der Waals surface area contributed by atoms with Gasteiger partial charge in [0.25, 0.3) is 0 Å². The molecule has 0 spiro atoms. The van der Waals surface area contributed by atoms with Crippen LogP contribution in [0.25, 0.3) is 0 Å². The summed E-state index contributed by atoms with van der Waals surface area (Å²) in [5.41, 5.74) is 8.45. The fourth-order valence-corrected chi connectivity index (χ4v) is 2.58. The third-order valence-corrected chi connectivity index (χ3v) is 4.18. The van der Waals surface area contributed by atoms with Crippen LogP contribution in [0.3, 0.4) is 0 Å². The van der Waals surface area contributed by atoms with Gasteiger partial charge in [-0.1, -0.05) is 6.07 Å². The Bertz CT molecular complexity index is 351. The van der Waals surface area contributed by atoms with E-state index in [1.807, 2.05) is 0 Å². The van der Waals surface area contributed by atoms with Crippen molar-refractivity contribution in [3.63, 3.8) is 0 Å². The molecule has 3 N–H and O–H groups in total. The highest BCUT2D eigenvalue weighted by atomic mass is 127. The van der Waals surface area contributed by atoms with Crippen LogP contribution >= 0.6 is 22.6 Å². The fraction of sp³-hybridized carbons (Fsp3) is 0.500. The number of hydrogen-bond donors (Lipinski definition) is 2. The summed E-state index contributed by atoms with van der Waals surface area (Å²) in [6.45, 7) is 2.14. The Morgan fingerprint density at radius 1 is 1.40 bits per heavy atom. The van der Waals surface area contributed by atoms with E-state index in [1.165, 1.54) is 21.2 Å². The van der Waals surface area contributed by atoms with Gasteiger partial charge in [-0.2, -0.15) is 0 Å². The van der Waals surface area contributed by atoms with Gasteiger partial charge in [0.1, 0.15) is 0 Å². The van der Waals surface area contributed by atoms with Crippen molar-refractivity contribution in [2.45, 2.75) is 38.3 Å². The number of aryl methyl sites for hydroxylation is 1. The maximum absolute atomic E-state index is 5.89. The summed E-state index contributed by atoms with van der Waals surface area (Å²) in [7, 11) is 0. The molecule has 0 radical (unpaired) electrons. The first-order chi connectivity index (χ1) is 7.15. The lowest BCUT2D eigenvalue weighted by Crippen LogP contribution is -2.20. The smallest absolute Gasteiger partial charge is 0.0353 e. The van der Waals surface area contributed by atoms with E-state index >= 15 is 0 Å². The number of benzene rings is 1.